The van der Waals surface area contributed by atoms with Gasteiger partial charge in [-0.3, -0.25) is 14.5 Å². The first kappa shape index (κ1) is 23.5. The molecule has 4 rings (SSSR count). The molecule has 0 saturated carbocycles. The molecule has 1 saturated heterocycles. The maximum atomic E-state index is 12.8. The summed E-state index contributed by atoms with van der Waals surface area (Å²) in [7, 11) is 0. The monoisotopic (exact) mass is 491 g/mol. The molecule has 1 aliphatic rings. The number of ether oxygens (including phenoxy) is 1. The Bertz CT molecular complexity index is 1310. The highest BCUT2D eigenvalue weighted by molar-refractivity contribution is 8.26. The second kappa shape index (κ2) is 10.1. The van der Waals surface area contributed by atoms with Crippen LogP contribution in [0.4, 0.5) is 0 Å². The lowest BCUT2D eigenvalue weighted by molar-refractivity contribution is -0.140. The molecule has 2 aromatic carbocycles. The minimum atomic E-state index is -1.12. The number of para-hydroxylation sites is 1. The summed E-state index contributed by atoms with van der Waals surface area (Å²) in [6.45, 7) is 5.57. The van der Waals surface area contributed by atoms with Crippen molar-refractivity contribution in [3.05, 3.63) is 83.4 Å². The van der Waals surface area contributed by atoms with E-state index in [1.54, 1.807) is 16.8 Å². The van der Waals surface area contributed by atoms with Crippen LogP contribution in [0.3, 0.4) is 0 Å². The number of amides is 1. The smallest absolute Gasteiger partial charge is 0.323 e. The molecule has 0 atom stereocenters. The van der Waals surface area contributed by atoms with Crippen molar-refractivity contribution in [2.75, 3.05) is 13.2 Å². The van der Waals surface area contributed by atoms with Crippen LogP contribution in [0, 0.1) is 6.92 Å². The Morgan fingerprint density at radius 1 is 1.26 bits per heavy atom. The second-order valence-corrected chi connectivity index (χ2v) is 9.13. The molecule has 34 heavy (non-hydrogen) atoms. The van der Waals surface area contributed by atoms with Crippen molar-refractivity contribution in [1.29, 1.82) is 0 Å². The fourth-order valence-electron chi connectivity index (χ4n) is 3.45. The summed E-state index contributed by atoms with van der Waals surface area (Å²) in [4.78, 5) is 25.4. The Balaban J connectivity index is 1.77. The van der Waals surface area contributed by atoms with Gasteiger partial charge < -0.3 is 9.84 Å². The van der Waals surface area contributed by atoms with Crippen LogP contribution >= 0.6 is 24.0 Å². The molecule has 0 aliphatic carbocycles. The Kier molecular flexibility index (Phi) is 6.95. The lowest BCUT2D eigenvalue weighted by atomic mass is 10.0. The van der Waals surface area contributed by atoms with E-state index in [0.29, 0.717) is 22.8 Å². The van der Waals surface area contributed by atoms with Gasteiger partial charge in [-0.05, 0) is 48.9 Å². The molecule has 172 valence electrons. The number of aromatic nitrogens is 2. The number of thioether (sulfide) groups is 1. The molecule has 1 amide bonds. The Morgan fingerprint density at radius 2 is 2.03 bits per heavy atom. The number of thiocarbonyl (C=S) groups is 1. The van der Waals surface area contributed by atoms with Crippen molar-refractivity contribution in [3.63, 3.8) is 0 Å². The molecule has 2 heterocycles. The number of aryl methyl sites for hydroxylation is 1. The SMILES string of the molecule is C=CCOc1ccc(-c2nn(-c3ccccc3)cc2/C=C2\SC(=S)N(CC(=O)O)C2=O)cc1C. The third-order valence-corrected chi connectivity index (χ3v) is 6.40. The first-order chi connectivity index (χ1) is 16.4. The van der Waals surface area contributed by atoms with Gasteiger partial charge >= 0.3 is 5.97 Å². The zero-order chi connectivity index (χ0) is 24.2. The highest BCUT2D eigenvalue weighted by Gasteiger charge is 2.33. The van der Waals surface area contributed by atoms with Crippen LogP contribution in [0.5, 0.6) is 5.75 Å². The lowest BCUT2D eigenvalue weighted by Gasteiger charge is -2.10. The van der Waals surface area contributed by atoms with Gasteiger partial charge in [0.25, 0.3) is 5.91 Å². The summed E-state index contributed by atoms with van der Waals surface area (Å²) >= 11 is 6.31. The molecule has 0 unspecified atom stereocenters. The van der Waals surface area contributed by atoms with Crippen LogP contribution < -0.4 is 4.74 Å². The Morgan fingerprint density at radius 3 is 2.71 bits per heavy atom. The molecule has 9 heteroatoms. The fourth-order valence-corrected chi connectivity index (χ4v) is 4.70. The summed E-state index contributed by atoms with van der Waals surface area (Å²) in [5.41, 5.74) is 4.03. The van der Waals surface area contributed by atoms with Gasteiger partial charge in [0, 0.05) is 17.3 Å². The first-order valence-corrected chi connectivity index (χ1v) is 11.6. The predicted molar refractivity (Wildman–Crippen MR) is 137 cm³/mol. The predicted octanol–water partition coefficient (Wildman–Crippen LogP) is 4.70. The third-order valence-electron chi connectivity index (χ3n) is 5.02. The maximum absolute atomic E-state index is 12.8. The first-order valence-electron chi connectivity index (χ1n) is 10.3. The summed E-state index contributed by atoms with van der Waals surface area (Å²) in [5, 5.41) is 13.9. The van der Waals surface area contributed by atoms with Gasteiger partial charge in [0.05, 0.1) is 10.6 Å². The number of benzene rings is 2. The van der Waals surface area contributed by atoms with Gasteiger partial charge in [-0.1, -0.05) is 54.8 Å². The van der Waals surface area contributed by atoms with E-state index < -0.39 is 18.4 Å². The standard InChI is InChI=1S/C25H21N3O4S2/c1-3-11-32-20-10-9-17(12-16(20)2)23-18(14-28(26-23)19-7-5-4-6-8-19)13-21-24(31)27(15-22(29)30)25(33)34-21/h3-10,12-14H,1,11,15H2,2H3,(H,29,30)/b21-13-. The summed E-state index contributed by atoms with van der Waals surface area (Å²) < 4.78 is 7.65. The van der Waals surface area contributed by atoms with E-state index >= 15 is 0 Å². The Labute approximate surface area is 206 Å². The average Bonchev–Trinajstić information content (AvgIpc) is 3.35. The quantitative estimate of drug-likeness (QED) is 0.278. The van der Waals surface area contributed by atoms with E-state index in [4.69, 9.17) is 27.2 Å². The number of carboxylic acid groups (broad SMARTS) is 1. The van der Waals surface area contributed by atoms with Gasteiger partial charge in [0.2, 0.25) is 0 Å². The number of rotatable bonds is 8. The largest absolute Gasteiger partial charge is 0.489 e. The molecule has 0 spiro atoms. The van der Waals surface area contributed by atoms with Gasteiger partial charge in [-0.15, -0.1) is 0 Å². The Hall–Kier alpha value is -3.69. The van der Waals surface area contributed by atoms with Crippen LogP contribution in [0.2, 0.25) is 0 Å². The highest BCUT2D eigenvalue weighted by Crippen LogP contribution is 2.35. The number of carboxylic acids is 1. The van der Waals surface area contributed by atoms with Gasteiger partial charge in [-0.25, -0.2) is 4.68 Å². The summed E-state index contributed by atoms with van der Waals surface area (Å²) in [6, 6.07) is 15.4. The summed E-state index contributed by atoms with van der Waals surface area (Å²) in [6.07, 6.45) is 5.24. The van der Waals surface area contributed by atoms with Crippen molar-refractivity contribution >= 4 is 46.3 Å². The molecule has 1 N–H and O–H groups in total. The maximum Gasteiger partial charge on any atom is 0.323 e. The highest BCUT2D eigenvalue weighted by atomic mass is 32.2. The normalized spacial score (nSPS) is 14.6. The van der Waals surface area contributed by atoms with Gasteiger partial charge in [-0.2, -0.15) is 5.10 Å². The van der Waals surface area contributed by atoms with E-state index in [0.717, 1.165) is 39.2 Å². The molecule has 1 fully saturated rings. The van der Waals surface area contributed by atoms with Crippen molar-refractivity contribution in [2.45, 2.75) is 6.92 Å². The number of carbonyl (C=O) groups is 2. The fraction of sp³-hybridized carbons (Fsp3) is 0.120. The average molecular weight is 492 g/mol. The number of hydrogen-bond acceptors (Lipinski definition) is 6. The number of hydrogen-bond donors (Lipinski definition) is 1. The number of carbonyl (C=O) groups excluding carboxylic acids is 1. The van der Waals surface area contributed by atoms with Crippen molar-refractivity contribution in [3.8, 4) is 22.7 Å². The number of aliphatic carboxylic acids is 1. The van der Waals surface area contributed by atoms with Crippen LogP contribution in [0.25, 0.3) is 23.0 Å². The van der Waals surface area contributed by atoms with Gasteiger partial charge in [0.15, 0.2) is 0 Å². The minimum Gasteiger partial charge on any atom is -0.489 e. The lowest BCUT2D eigenvalue weighted by Crippen LogP contribution is -2.33. The van der Waals surface area contributed by atoms with Crippen molar-refractivity contribution in [2.24, 2.45) is 0 Å². The molecular weight excluding hydrogens is 470 g/mol. The van der Waals surface area contributed by atoms with Crippen LogP contribution in [-0.2, 0) is 9.59 Å². The van der Waals surface area contributed by atoms with E-state index in [9.17, 15) is 9.59 Å². The van der Waals surface area contributed by atoms with E-state index in [2.05, 4.69) is 6.58 Å². The molecule has 0 bridgehead atoms. The van der Waals surface area contributed by atoms with Crippen LogP contribution in [0.1, 0.15) is 11.1 Å². The molecule has 0 radical (unpaired) electrons. The van der Waals surface area contributed by atoms with Crippen LogP contribution in [0.15, 0.2) is 72.3 Å². The molecule has 7 nitrogen and oxygen atoms in total. The molecular formula is C25H21N3O4S2. The number of nitrogens with zero attached hydrogens (tertiary/aromatic N) is 3. The second-order valence-electron chi connectivity index (χ2n) is 7.45. The molecule has 1 aliphatic heterocycles. The topological polar surface area (TPSA) is 84.7 Å². The van der Waals surface area contributed by atoms with Gasteiger partial charge in [0.1, 0.15) is 28.9 Å². The third kappa shape index (κ3) is 4.95. The van der Waals surface area contributed by atoms with Crippen molar-refractivity contribution in [1.82, 2.24) is 14.7 Å². The van der Waals surface area contributed by atoms with Crippen LogP contribution in [-0.4, -0.2) is 49.1 Å². The zero-order valence-corrected chi connectivity index (χ0v) is 19.9. The van der Waals surface area contributed by atoms with Crippen molar-refractivity contribution < 1.29 is 19.4 Å². The van der Waals surface area contributed by atoms with E-state index in [-0.39, 0.29) is 4.32 Å². The van der Waals surface area contributed by atoms with E-state index in [1.165, 1.54) is 0 Å². The zero-order valence-electron chi connectivity index (χ0n) is 18.3. The summed E-state index contributed by atoms with van der Waals surface area (Å²) in [5.74, 6) is -0.799. The van der Waals surface area contributed by atoms with E-state index in [1.807, 2.05) is 61.7 Å². The molecule has 1 aromatic heterocycles. The minimum absolute atomic E-state index is 0.218. The molecule has 3 aromatic rings.